The largest absolute Gasteiger partial charge is 0.354 e. The Morgan fingerprint density at radius 2 is 1.94 bits per heavy atom. The molecule has 1 aromatic heterocycles. The van der Waals surface area contributed by atoms with Crippen LogP contribution in [0.3, 0.4) is 0 Å². The Bertz CT molecular complexity index is 436. The molecular formula is C15H24N2. The lowest BCUT2D eigenvalue weighted by atomic mass is 9.65. The molecular weight excluding hydrogens is 208 g/mol. The molecule has 3 rings (SSSR count). The monoisotopic (exact) mass is 232 g/mol. The van der Waals surface area contributed by atoms with E-state index in [0.717, 1.165) is 12.0 Å². The van der Waals surface area contributed by atoms with Gasteiger partial charge in [0.25, 0.3) is 0 Å². The molecule has 0 saturated carbocycles. The average molecular weight is 232 g/mol. The van der Waals surface area contributed by atoms with Crippen molar-refractivity contribution in [1.82, 2.24) is 9.47 Å². The van der Waals surface area contributed by atoms with Gasteiger partial charge in [-0.1, -0.05) is 13.8 Å². The van der Waals surface area contributed by atoms with Crippen LogP contribution in [-0.2, 0) is 7.05 Å². The third kappa shape index (κ3) is 1.25. The molecule has 2 aliphatic rings. The first-order valence-corrected chi connectivity index (χ1v) is 6.84. The Labute approximate surface area is 105 Å². The third-order valence-electron chi connectivity index (χ3n) is 5.83. The van der Waals surface area contributed by atoms with Crippen molar-refractivity contribution >= 4 is 0 Å². The molecule has 2 aliphatic heterocycles. The maximum atomic E-state index is 2.71. The molecule has 2 bridgehead atoms. The molecule has 0 amide bonds. The molecule has 0 N–H and O–H groups in total. The summed E-state index contributed by atoms with van der Waals surface area (Å²) < 4.78 is 2.31. The summed E-state index contributed by atoms with van der Waals surface area (Å²) in [5.41, 5.74) is 1.96. The van der Waals surface area contributed by atoms with Gasteiger partial charge in [0.05, 0.1) is 0 Å². The minimum absolute atomic E-state index is 0.449. The molecule has 2 nitrogen and oxygen atoms in total. The molecule has 2 heteroatoms. The second-order valence-electron chi connectivity index (χ2n) is 6.47. The summed E-state index contributed by atoms with van der Waals surface area (Å²) in [5, 5.41) is 0. The number of piperidine rings is 1. The maximum Gasteiger partial charge on any atom is 0.0224 e. The maximum absolute atomic E-state index is 2.71. The molecule has 94 valence electrons. The zero-order valence-electron chi connectivity index (χ0n) is 11.6. The first-order chi connectivity index (χ1) is 7.97. The first-order valence-electron chi connectivity index (χ1n) is 6.84. The highest BCUT2D eigenvalue weighted by Gasteiger charge is 2.60. The van der Waals surface area contributed by atoms with E-state index in [9.17, 15) is 0 Å². The van der Waals surface area contributed by atoms with Crippen LogP contribution in [0, 0.1) is 11.3 Å². The molecule has 6 atom stereocenters. The summed E-state index contributed by atoms with van der Waals surface area (Å²) in [7, 11) is 2.18. The standard InChI is InChI=1S/C15H24N2/c1-10-11(2)17-9-15(10,4)14(12(17)3)13-7-6-8-16(13)5/h6-8,10-12,14H,9H2,1-5H3/t10?,11?,12-,14?,15?/m1/s1. The highest BCUT2D eigenvalue weighted by atomic mass is 15.3. The lowest BCUT2D eigenvalue weighted by Gasteiger charge is -2.43. The predicted molar refractivity (Wildman–Crippen MR) is 71.1 cm³/mol. The number of hydrogen-bond donors (Lipinski definition) is 0. The van der Waals surface area contributed by atoms with Gasteiger partial charge in [-0.25, -0.2) is 0 Å². The van der Waals surface area contributed by atoms with Gasteiger partial charge in [0, 0.05) is 43.5 Å². The van der Waals surface area contributed by atoms with Gasteiger partial charge in [0.2, 0.25) is 0 Å². The van der Waals surface area contributed by atoms with E-state index in [2.05, 4.69) is 62.5 Å². The Hall–Kier alpha value is -0.760. The van der Waals surface area contributed by atoms with Crippen LogP contribution >= 0.6 is 0 Å². The number of aryl methyl sites for hydroxylation is 1. The summed E-state index contributed by atoms with van der Waals surface area (Å²) >= 11 is 0. The van der Waals surface area contributed by atoms with Gasteiger partial charge in [0.1, 0.15) is 0 Å². The summed E-state index contributed by atoms with van der Waals surface area (Å²) in [5.74, 6) is 1.48. The van der Waals surface area contributed by atoms with Crippen molar-refractivity contribution in [2.45, 2.75) is 45.7 Å². The van der Waals surface area contributed by atoms with E-state index in [0.29, 0.717) is 17.4 Å². The Balaban J connectivity index is 2.05. The van der Waals surface area contributed by atoms with Crippen molar-refractivity contribution in [3.05, 3.63) is 24.0 Å². The lowest BCUT2D eigenvalue weighted by molar-refractivity contribution is 0.109. The van der Waals surface area contributed by atoms with Gasteiger partial charge >= 0.3 is 0 Å². The zero-order chi connectivity index (χ0) is 12.4. The molecule has 0 spiro atoms. The fourth-order valence-electron chi connectivity index (χ4n) is 4.54. The highest BCUT2D eigenvalue weighted by Crippen LogP contribution is 2.58. The van der Waals surface area contributed by atoms with Crippen LogP contribution in [-0.4, -0.2) is 28.1 Å². The van der Waals surface area contributed by atoms with Crippen LogP contribution in [0.5, 0.6) is 0 Å². The topological polar surface area (TPSA) is 8.17 Å². The van der Waals surface area contributed by atoms with Gasteiger partial charge in [-0.2, -0.15) is 0 Å². The van der Waals surface area contributed by atoms with Crippen molar-refractivity contribution in [2.75, 3.05) is 6.54 Å². The van der Waals surface area contributed by atoms with E-state index in [4.69, 9.17) is 0 Å². The van der Waals surface area contributed by atoms with Gasteiger partial charge in [0.15, 0.2) is 0 Å². The van der Waals surface area contributed by atoms with Crippen LogP contribution in [0.1, 0.15) is 39.3 Å². The van der Waals surface area contributed by atoms with Crippen LogP contribution in [0.2, 0.25) is 0 Å². The van der Waals surface area contributed by atoms with Crippen LogP contribution < -0.4 is 0 Å². The van der Waals surface area contributed by atoms with Gasteiger partial charge in [-0.05, 0) is 37.3 Å². The molecule has 2 saturated heterocycles. The lowest BCUT2D eigenvalue weighted by Crippen LogP contribution is -2.45. The van der Waals surface area contributed by atoms with Gasteiger partial charge in [-0.15, -0.1) is 0 Å². The Morgan fingerprint density at radius 1 is 1.24 bits per heavy atom. The van der Waals surface area contributed by atoms with Crippen molar-refractivity contribution in [1.29, 1.82) is 0 Å². The molecule has 5 unspecified atom stereocenters. The second kappa shape index (κ2) is 3.38. The first kappa shape index (κ1) is 11.3. The van der Waals surface area contributed by atoms with E-state index >= 15 is 0 Å². The molecule has 1 aromatic rings. The van der Waals surface area contributed by atoms with E-state index in [-0.39, 0.29) is 0 Å². The number of nitrogens with zero attached hydrogens (tertiary/aromatic N) is 2. The molecule has 0 aromatic carbocycles. The number of hydrogen-bond acceptors (Lipinski definition) is 1. The number of aromatic nitrogens is 1. The highest BCUT2D eigenvalue weighted by molar-refractivity contribution is 5.26. The fraction of sp³-hybridized carbons (Fsp3) is 0.733. The van der Waals surface area contributed by atoms with Gasteiger partial charge < -0.3 is 4.57 Å². The molecule has 17 heavy (non-hydrogen) atoms. The smallest absolute Gasteiger partial charge is 0.0224 e. The van der Waals surface area contributed by atoms with E-state index in [1.54, 1.807) is 0 Å². The zero-order valence-corrected chi connectivity index (χ0v) is 11.6. The Morgan fingerprint density at radius 3 is 2.47 bits per heavy atom. The minimum Gasteiger partial charge on any atom is -0.354 e. The van der Waals surface area contributed by atoms with Crippen molar-refractivity contribution in [2.24, 2.45) is 18.4 Å². The fourth-order valence-corrected chi connectivity index (χ4v) is 4.54. The van der Waals surface area contributed by atoms with Crippen molar-refractivity contribution < 1.29 is 0 Å². The van der Waals surface area contributed by atoms with Crippen LogP contribution in [0.15, 0.2) is 18.3 Å². The quantitative estimate of drug-likeness (QED) is 0.723. The average Bonchev–Trinajstić information content (AvgIpc) is 2.85. The summed E-state index contributed by atoms with van der Waals surface area (Å²) in [6.45, 7) is 11.0. The van der Waals surface area contributed by atoms with Crippen molar-refractivity contribution in [3.63, 3.8) is 0 Å². The minimum atomic E-state index is 0.449. The van der Waals surface area contributed by atoms with E-state index in [1.807, 2.05) is 0 Å². The summed E-state index contributed by atoms with van der Waals surface area (Å²) in [4.78, 5) is 2.71. The summed E-state index contributed by atoms with van der Waals surface area (Å²) in [6.07, 6.45) is 2.18. The van der Waals surface area contributed by atoms with Crippen LogP contribution in [0.25, 0.3) is 0 Å². The van der Waals surface area contributed by atoms with Gasteiger partial charge in [-0.3, -0.25) is 4.90 Å². The van der Waals surface area contributed by atoms with E-state index < -0.39 is 0 Å². The SMILES string of the molecule is CC1C(C)C2(C)CN1[C@H](C)C2c1cccn1C. The van der Waals surface area contributed by atoms with Crippen molar-refractivity contribution in [3.8, 4) is 0 Å². The normalized spacial score (nSPS) is 48.9. The van der Waals surface area contributed by atoms with Crippen LogP contribution in [0.4, 0.5) is 0 Å². The summed E-state index contributed by atoms with van der Waals surface area (Å²) in [6, 6.07) is 5.92. The number of fused-ring (bicyclic) bond motifs is 2. The predicted octanol–water partition coefficient (Wildman–Crippen LogP) is 2.86. The molecule has 0 aliphatic carbocycles. The molecule has 2 fully saturated rings. The molecule has 0 radical (unpaired) electrons. The molecule has 3 heterocycles. The number of rotatable bonds is 1. The third-order valence-corrected chi connectivity index (χ3v) is 5.83. The second-order valence-corrected chi connectivity index (χ2v) is 6.47. The Kier molecular flexibility index (Phi) is 2.25. The van der Waals surface area contributed by atoms with E-state index in [1.165, 1.54) is 12.2 Å².